The Hall–Kier alpha value is -2.15. The van der Waals surface area contributed by atoms with E-state index in [4.69, 9.17) is 0 Å². The van der Waals surface area contributed by atoms with Crippen LogP contribution in [0.3, 0.4) is 0 Å². The molecule has 0 unspecified atom stereocenters. The zero-order valence-corrected chi connectivity index (χ0v) is 12.3. The normalized spacial score (nSPS) is 10.6. The maximum Gasteiger partial charge on any atom is 0.282 e. The van der Waals surface area contributed by atoms with Crippen molar-refractivity contribution in [2.75, 3.05) is 26.2 Å². The number of nitrogens with one attached hydrogen (secondary N) is 1. The van der Waals surface area contributed by atoms with Gasteiger partial charge in [0, 0.05) is 19.2 Å². The molecule has 7 nitrogen and oxygen atoms in total. The molecule has 0 aromatic heterocycles. The molecular formula is C14H21N3O4. The number of aromatic hydroxyl groups is 1. The monoisotopic (exact) mass is 295 g/mol. The van der Waals surface area contributed by atoms with Crippen molar-refractivity contribution in [1.29, 1.82) is 0 Å². The Balaban J connectivity index is 2.67. The average molecular weight is 295 g/mol. The van der Waals surface area contributed by atoms with Crippen molar-refractivity contribution in [1.82, 2.24) is 10.2 Å². The van der Waals surface area contributed by atoms with Gasteiger partial charge in [0.15, 0.2) is 0 Å². The summed E-state index contributed by atoms with van der Waals surface area (Å²) in [7, 11) is 0. The molecule has 0 saturated carbocycles. The summed E-state index contributed by atoms with van der Waals surface area (Å²) in [4.78, 5) is 24.4. The van der Waals surface area contributed by atoms with Gasteiger partial charge < -0.3 is 15.3 Å². The second-order valence-electron chi connectivity index (χ2n) is 4.65. The lowest BCUT2D eigenvalue weighted by Gasteiger charge is -2.19. The predicted octanol–water partition coefficient (Wildman–Crippen LogP) is 1.76. The maximum atomic E-state index is 12.0. The summed E-state index contributed by atoms with van der Waals surface area (Å²) in [5.41, 5.74) is -0.440. The van der Waals surface area contributed by atoms with E-state index in [1.165, 1.54) is 6.07 Å². The van der Waals surface area contributed by atoms with Gasteiger partial charge in [-0.1, -0.05) is 13.8 Å². The molecule has 116 valence electrons. The number of nitrogens with zero attached hydrogens (tertiary/aromatic N) is 2. The highest BCUT2D eigenvalue weighted by atomic mass is 16.6. The van der Waals surface area contributed by atoms with Crippen LogP contribution in [0.25, 0.3) is 0 Å². The fraction of sp³-hybridized carbons (Fsp3) is 0.500. The predicted molar refractivity (Wildman–Crippen MR) is 79.5 cm³/mol. The number of carbonyl (C=O) groups excluding carboxylic acids is 1. The van der Waals surface area contributed by atoms with Gasteiger partial charge in [0.25, 0.3) is 11.6 Å². The first-order chi connectivity index (χ1) is 9.99. The van der Waals surface area contributed by atoms with E-state index >= 15 is 0 Å². The van der Waals surface area contributed by atoms with E-state index in [0.717, 1.165) is 31.6 Å². The molecule has 1 rings (SSSR count). The molecular weight excluding hydrogens is 274 g/mol. The maximum absolute atomic E-state index is 12.0. The number of rotatable bonds is 8. The Morgan fingerprint density at radius 1 is 1.38 bits per heavy atom. The van der Waals surface area contributed by atoms with E-state index in [0.29, 0.717) is 13.1 Å². The Bertz CT molecular complexity index is 505. The number of phenols is 1. The third-order valence-corrected chi connectivity index (χ3v) is 3.12. The first kappa shape index (κ1) is 16.9. The van der Waals surface area contributed by atoms with Crippen LogP contribution >= 0.6 is 0 Å². The average Bonchev–Trinajstić information content (AvgIpc) is 2.45. The van der Waals surface area contributed by atoms with Crippen LogP contribution < -0.4 is 5.32 Å². The largest absolute Gasteiger partial charge is 0.508 e. The molecule has 0 spiro atoms. The minimum absolute atomic E-state index is 0.126. The summed E-state index contributed by atoms with van der Waals surface area (Å²) >= 11 is 0. The Morgan fingerprint density at radius 2 is 2.10 bits per heavy atom. The van der Waals surface area contributed by atoms with Crippen molar-refractivity contribution >= 4 is 11.6 Å². The summed E-state index contributed by atoms with van der Waals surface area (Å²) in [6, 6.07) is 3.42. The van der Waals surface area contributed by atoms with E-state index in [9.17, 15) is 20.0 Å². The fourth-order valence-corrected chi connectivity index (χ4v) is 2.03. The van der Waals surface area contributed by atoms with Crippen LogP contribution in [0.5, 0.6) is 5.75 Å². The summed E-state index contributed by atoms with van der Waals surface area (Å²) in [5.74, 6) is -0.725. The molecule has 0 saturated heterocycles. The lowest BCUT2D eigenvalue weighted by atomic mass is 10.1. The number of benzene rings is 1. The fourth-order valence-electron chi connectivity index (χ4n) is 2.03. The number of phenolic OH excluding ortho intramolecular Hbond substituents is 1. The van der Waals surface area contributed by atoms with Crippen molar-refractivity contribution in [3.8, 4) is 5.75 Å². The smallest absolute Gasteiger partial charge is 0.282 e. The molecule has 7 heteroatoms. The quantitative estimate of drug-likeness (QED) is 0.563. The molecule has 0 aliphatic heterocycles. The molecule has 1 amide bonds. The number of likely N-dealkylation sites (N-methyl/N-ethyl adjacent to an activating group) is 1. The van der Waals surface area contributed by atoms with Gasteiger partial charge in [-0.3, -0.25) is 14.9 Å². The number of nitro groups is 1. The summed E-state index contributed by atoms with van der Waals surface area (Å²) < 4.78 is 0. The third kappa shape index (κ3) is 5.03. The Labute approximate surface area is 123 Å². The van der Waals surface area contributed by atoms with E-state index in [1.807, 2.05) is 6.92 Å². The SMILES string of the molecule is CCCN(CC)CCNC(=O)c1cc(O)ccc1[N+](=O)[O-]. The highest BCUT2D eigenvalue weighted by Crippen LogP contribution is 2.22. The van der Waals surface area contributed by atoms with E-state index in [1.54, 1.807) is 0 Å². The minimum Gasteiger partial charge on any atom is -0.508 e. The van der Waals surface area contributed by atoms with Crippen LogP contribution in [-0.2, 0) is 0 Å². The molecule has 0 bridgehead atoms. The van der Waals surface area contributed by atoms with Gasteiger partial charge in [0.2, 0.25) is 0 Å². The molecule has 0 fully saturated rings. The van der Waals surface area contributed by atoms with Crippen molar-refractivity contribution in [3.05, 3.63) is 33.9 Å². The molecule has 21 heavy (non-hydrogen) atoms. The minimum atomic E-state index is -0.635. The zero-order valence-electron chi connectivity index (χ0n) is 12.3. The van der Waals surface area contributed by atoms with Gasteiger partial charge in [-0.2, -0.15) is 0 Å². The van der Waals surface area contributed by atoms with Gasteiger partial charge in [-0.15, -0.1) is 0 Å². The highest BCUT2D eigenvalue weighted by Gasteiger charge is 2.20. The number of carbonyl (C=O) groups is 1. The molecule has 0 radical (unpaired) electrons. The Morgan fingerprint density at radius 3 is 2.67 bits per heavy atom. The molecule has 2 N–H and O–H groups in total. The molecule has 0 atom stereocenters. The molecule has 0 aliphatic rings. The van der Waals surface area contributed by atoms with Gasteiger partial charge in [-0.05, 0) is 31.6 Å². The van der Waals surface area contributed by atoms with Crippen LogP contribution in [-0.4, -0.2) is 47.0 Å². The van der Waals surface area contributed by atoms with Crippen LogP contribution in [0, 0.1) is 10.1 Å². The van der Waals surface area contributed by atoms with Crippen molar-refractivity contribution in [2.45, 2.75) is 20.3 Å². The summed E-state index contributed by atoms with van der Waals surface area (Å²) in [5, 5.41) is 22.9. The molecule has 1 aromatic carbocycles. The van der Waals surface area contributed by atoms with Crippen LogP contribution in [0.15, 0.2) is 18.2 Å². The number of amides is 1. The highest BCUT2D eigenvalue weighted by molar-refractivity contribution is 5.98. The van der Waals surface area contributed by atoms with Crippen LogP contribution in [0.4, 0.5) is 5.69 Å². The van der Waals surface area contributed by atoms with E-state index < -0.39 is 10.8 Å². The first-order valence-electron chi connectivity index (χ1n) is 6.97. The van der Waals surface area contributed by atoms with Gasteiger partial charge in [0.05, 0.1) is 4.92 Å². The van der Waals surface area contributed by atoms with Crippen molar-refractivity contribution in [2.24, 2.45) is 0 Å². The topological polar surface area (TPSA) is 95.7 Å². The van der Waals surface area contributed by atoms with Gasteiger partial charge in [0.1, 0.15) is 11.3 Å². The summed E-state index contributed by atoms with van der Waals surface area (Å²) in [6.45, 7) is 7.03. The van der Waals surface area contributed by atoms with Gasteiger partial charge in [-0.25, -0.2) is 0 Å². The second kappa shape index (κ2) is 8.21. The summed E-state index contributed by atoms with van der Waals surface area (Å²) in [6.07, 6.45) is 1.03. The lowest BCUT2D eigenvalue weighted by Crippen LogP contribution is -2.35. The molecule has 1 aromatic rings. The van der Waals surface area contributed by atoms with E-state index in [-0.39, 0.29) is 17.0 Å². The third-order valence-electron chi connectivity index (χ3n) is 3.12. The van der Waals surface area contributed by atoms with E-state index in [2.05, 4.69) is 17.1 Å². The standard InChI is InChI=1S/C14H21N3O4/c1-3-8-16(4-2)9-7-15-14(19)12-10-11(18)5-6-13(12)17(20)21/h5-6,10,18H,3-4,7-9H2,1-2H3,(H,15,19). The van der Waals surface area contributed by atoms with Crippen molar-refractivity contribution in [3.63, 3.8) is 0 Å². The van der Waals surface area contributed by atoms with Crippen LogP contribution in [0.1, 0.15) is 30.6 Å². The number of hydrogen-bond acceptors (Lipinski definition) is 5. The molecule has 0 heterocycles. The zero-order chi connectivity index (χ0) is 15.8. The second-order valence-corrected chi connectivity index (χ2v) is 4.65. The van der Waals surface area contributed by atoms with Gasteiger partial charge >= 0.3 is 0 Å². The van der Waals surface area contributed by atoms with Crippen LogP contribution in [0.2, 0.25) is 0 Å². The first-order valence-corrected chi connectivity index (χ1v) is 6.97. The van der Waals surface area contributed by atoms with Crippen molar-refractivity contribution < 1.29 is 14.8 Å². The lowest BCUT2D eigenvalue weighted by molar-refractivity contribution is -0.385. The molecule has 0 aliphatic carbocycles. The Kier molecular flexibility index (Phi) is 6.61. The number of nitro benzene ring substituents is 1. The number of hydrogen-bond donors (Lipinski definition) is 2.